The smallest absolute Gasteiger partial charge is 0.254 e. The molecular formula is C19H23N3O3S. The Balaban J connectivity index is 1.87. The number of anilines is 1. The lowest BCUT2D eigenvalue weighted by atomic mass is 9.99. The Morgan fingerprint density at radius 1 is 1.23 bits per heavy atom. The zero-order chi connectivity index (χ0) is 18.9. The highest BCUT2D eigenvalue weighted by atomic mass is 32.2. The number of benzene rings is 1. The lowest BCUT2D eigenvalue weighted by molar-refractivity contribution is 0.0742. The van der Waals surface area contributed by atoms with Crippen LogP contribution in [0.1, 0.15) is 40.9 Å². The molecule has 0 spiro atoms. The lowest BCUT2D eigenvalue weighted by Crippen LogP contribution is -2.35. The van der Waals surface area contributed by atoms with Gasteiger partial charge in [0, 0.05) is 31.5 Å². The molecule has 7 heteroatoms. The van der Waals surface area contributed by atoms with E-state index in [2.05, 4.69) is 4.98 Å². The molecule has 1 unspecified atom stereocenters. The van der Waals surface area contributed by atoms with Crippen LogP contribution in [-0.2, 0) is 16.4 Å². The van der Waals surface area contributed by atoms with Crippen molar-refractivity contribution in [1.29, 1.82) is 0 Å². The van der Waals surface area contributed by atoms with E-state index in [0.29, 0.717) is 17.8 Å². The van der Waals surface area contributed by atoms with Crippen molar-refractivity contribution < 1.29 is 13.2 Å². The summed E-state index contributed by atoms with van der Waals surface area (Å²) in [5, 5.41) is 0. The van der Waals surface area contributed by atoms with Gasteiger partial charge in [-0.25, -0.2) is 8.42 Å². The predicted molar refractivity (Wildman–Crippen MR) is 102 cm³/mol. The predicted octanol–water partition coefficient (Wildman–Crippen LogP) is 2.63. The quantitative estimate of drug-likeness (QED) is 0.826. The Morgan fingerprint density at radius 3 is 2.58 bits per heavy atom. The molecule has 138 valence electrons. The Morgan fingerprint density at radius 2 is 1.92 bits per heavy atom. The molecule has 0 bridgehead atoms. The fourth-order valence-corrected chi connectivity index (χ4v) is 4.28. The summed E-state index contributed by atoms with van der Waals surface area (Å²) < 4.78 is 25.4. The van der Waals surface area contributed by atoms with Crippen molar-refractivity contribution in [3.8, 4) is 0 Å². The summed E-state index contributed by atoms with van der Waals surface area (Å²) in [6.45, 7) is 2.45. The normalized spacial score (nSPS) is 15.3. The van der Waals surface area contributed by atoms with Crippen LogP contribution in [0.5, 0.6) is 0 Å². The zero-order valence-electron chi connectivity index (χ0n) is 15.2. The standard InChI is InChI=1S/C19H23N3O3S/c1-14(15-8-10-20-11-9-15)21(2)19(23)17-6-7-18-16(13-17)5-4-12-22(18)26(3,24)25/h6-11,13-14H,4-5,12H2,1-3H3. The number of carbonyl (C=O) groups is 1. The molecule has 0 saturated carbocycles. The van der Waals surface area contributed by atoms with Gasteiger partial charge in [0.05, 0.1) is 18.0 Å². The second kappa shape index (κ2) is 7.07. The fourth-order valence-electron chi connectivity index (χ4n) is 3.29. The summed E-state index contributed by atoms with van der Waals surface area (Å²) in [6, 6.07) is 8.98. The minimum atomic E-state index is -3.31. The van der Waals surface area contributed by atoms with Crippen molar-refractivity contribution in [2.45, 2.75) is 25.8 Å². The number of amides is 1. The number of rotatable bonds is 4. The molecule has 3 rings (SSSR count). The van der Waals surface area contributed by atoms with Crippen molar-refractivity contribution in [2.75, 3.05) is 24.2 Å². The summed E-state index contributed by atoms with van der Waals surface area (Å²) in [5.41, 5.74) is 3.16. The van der Waals surface area contributed by atoms with Gasteiger partial charge in [-0.2, -0.15) is 0 Å². The molecule has 26 heavy (non-hydrogen) atoms. The largest absolute Gasteiger partial charge is 0.335 e. The maximum absolute atomic E-state index is 12.9. The first-order valence-corrected chi connectivity index (χ1v) is 10.4. The topological polar surface area (TPSA) is 70.6 Å². The fraction of sp³-hybridized carbons (Fsp3) is 0.368. The molecule has 0 aliphatic carbocycles. The number of hydrogen-bond acceptors (Lipinski definition) is 4. The van der Waals surface area contributed by atoms with E-state index >= 15 is 0 Å². The number of hydrogen-bond donors (Lipinski definition) is 0. The van der Waals surface area contributed by atoms with Crippen LogP contribution in [0.25, 0.3) is 0 Å². The third-order valence-electron chi connectivity index (χ3n) is 4.89. The minimum absolute atomic E-state index is 0.0888. The summed E-state index contributed by atoms with van der Waals surface area (Å²) in [6.07, 6.45) is 6.16. The number of sulfonamides is 1. The lowest BCUT2D eigenvalue weighted by Gasteiger charge is -2.30. The van der Waals surface area contributed by atoms with Gasteiger partial charge in [0.25, 0.3) is 5.91 Å². The summed E-state index contributed by atoms with van der Waals surface area (Å²) >= 11 is 0. The first-order chi connectivity index (χ1) is 12.3. The van der Waals surface area contributed by atoms with Crippen molar-refractivity contribution >= 4 is 21.6 Å². The van der Waals surface area contributed by atoms with Gasteiger partial charge < -0.3 is 4.90 Å². The molecule has 1 atom stereocenters. The van der Waals surface area contributed by atoms with Gasteiger partial charge in [-0.1, -0.05) is 0 Å². The van der Waals surface area contributed by atoms with Gasteiger partial charge in [0.15, 0.2) is 0 Å². The van der Waals surface area contributed by atoms with Crippen LogP contribution in [0.15, 0.2) is 42.7 Å². The van der Waals surface area contributed by atoms with E-state index in [1.165, 1.54) is 10.6 Å². The van der Waals surface area contributed by atoms with Crippen LogP contribution in [0.2, 0.25) is 0 Å². The van der Waals surface area contributed by atoms with Gasteiger partial charge >= 0.3 is 0 Å². The Labute approximate surface area is 154 Å². The van der Waals surface area contributed by atoms with Gasteiger partial charge in [-0.05, 0) is 61.2 Å². The van der Waals surface area contributed by atoms with Gasteiger partial charge in [0.2, 0.25) is 10.0 Å². The van der Waals surface area contributed by atoms with E-state index in [-0.39, 0.29) is 11.9 Å². The highest BCUT2D eigenvalue weighted by Crippen LogP contribution is 2.30. The number of fused-ring (bicyclic) bond motifs is 1. The summed E-state index contributed by atoms with van der Waals surface area (Å²) in [5.74, 6) is -0.0893. The van der Waals surface area contributed by atoms with Gasteiger partial charge in [-0.3, -0.25) is 14.1 Å². The van der Waals surface area contributed by atoms with Crippen LogP contribution >= 0.6 is 0 Å². The van der Waals surface area contributed by atoms with E-state index in [1.807, 2.05) is 25.1 Å². The molecule has 0 radical (unpaired) electrons. The Hall–Kier alpha value is -2.41. The van der Waals surface area contributed by atoms with E-state index < -0.39 is 10.0 Å². The van der Waals surface area contributed by atoms with E-state index in [9.17, 15) is 13.2 Å². The van der Waals surface area contributed by atoms with Crippen LogP contribution < -0.4 is 4.31 Å². The Kier molecular flexibility index (Phi) is 5.00. The summed E-state index contributed by atoms with van der Waals surface area (Å²) in [7, 11) is -1.53. The number of nitrogens with zero attached hydrogens (tertiary/aromatic N) is 3. The first-order valence-electron chi connectivity index (χ1n) is 8.57. The SMILES string of the molecule is CC(c1ccncc1)N(C)C(=O)c1ccc2c(c1)CCCN2S(C)(=O)=O. The number of carbonyl (C=O) groups excluding carboxylic acids is 1. The molecule has 1 aliphatic heterocycles. The molecule has 0 fully saturated rings. The van der Waals surface area contributed by atoms with Crippen molar-refractivity contribution in [3.05, 3.63) is 59.4 Å². The maximum atomic E-state index is 12.9. The maximum Gasteiger partial charge on any atom is 0.254 e. The molecule has 2 heterocycles. The molecule has 1 aliphatic rings. The van der Waals surface area contributed by atoms with E-state index in [0.717, 1.165) is 24.0 Å². The first kappa shape index (κ1) is 18.4. The second-order valence-corrected chi connectivity index (χ2v) is 8.56. The highest BCUT2D eigenvalue weighted by Gasteiger charge is 2.26. The minimum Gasteiger partial charge on any atom is -0.335 e. The number of aryl methyl sites for hydroxylation is 1. The van der Waals surface area contributed by atoms with Crippen LogP contribution in [0.3, 0.4) is 0 Å². The third kappa shape index (κ3) is 3.58. The highest BCUT2D eigenvalue weighted by molar-refractivity contribution is 7.92. The molecule has 1 aromatic heterocycles. The molecular weight excluding hydrogens is 350 g/mol. The van der Waals surface area contributed by atoms with Crippen LogP contribution in [0, 0.1) is 0 Å². The average Bonchev–Trinajstić information content (AvgIpc) is 2.65. The summed E-state index contributed by atoms with van der Waals surface area (Å²) in [4.78, 5) is 18.6. The van der Waals surface area contributed by atoms with Crippen LogP contribution in [-0.4, -0.2) is 44.1 Å². The second-order valence-electron chi connectivity index (χ2n) is 6.65. The monoisotopic (exact) mass is 373 g/mol. The van der Waals surface area contributed by atoms with Crippen molar-refractivity contribution in [1.82, 2.24) is 9.88 Å². The molecule has 6 nitrogen and oxygen atoms in total. The van der Waals surface area contributed by atoms with Gasteiger partial charge in [0.1, 0.15) is 0 Å². The van der Waals surface area contributed by atoms with Crippen LogP contribution in [0.4, 0.5) is 5.69 Å². The zero-order valence-corrected chi connectivity index (χ0v) is 16.0. The van der Waals surface area contributed by atoms with Crippen molar-refractivity contribution in [3.63, 3.8) is 0 Å². The van der Waals surface area contributed by atoms with Crippen molar-refractivity contribution in [2.24, 2.45) is 0 Å². The molecule has 0 saturated heterocycles. The molecule has 2 aromatic rings. The molecule has 1 amide bonds. The van der Waals surface area contributed by atoms with E-state index in [4.69, 9.17) is 0 Å². The molecule has 1 aromatic carbocycles. The van der Waals surface area contributed by atoms with Gasteiger partial charge in [-0.15, -0.1) is 0 Å². The molecule has 0 N–H and O–H groups in total. The number of aromatic nitrogens is 1. The number of pyridine rings is 1. The third-order valence-corrected chi connectivity index (χ3v) is 6.07. The van der Waals surface area contributed by atoms with E-state index in [1.54, 1.807) is 36.5 Å². The average molecular weight is 373 g/mol. The Bertz CT molecular complexity index is 913.